The lowest BCUT2D eigenvalue weighted by Gasteiger charge is -2.13. The first-order valence-corrected chi connectivity index (χ1v) is 9.93. The van der Waals surface area contributed by atoms with Gasteiger partial charge in [-0.15, -0.1) is 0 Å². The van der Waals surface area contributed by atoms with Crippen LogP contribution in [-0.4, -0.2) is 30.4 Å². The number of para-hydroxylation sites is 1. The maximum Gasteiger partial charge on any atom is 0.313 e. The van der Waals surface area contributed by atoms with Crippen LogP contribution in [0.3, 0.4) is 0 Å². The summed E-state index contributed by atoms with van der Waals surface area (Å²) in [5.74, 6) is -0.780. The highest BCUT2D eigenvalue weighted by molar-refractivity contribution is 6.30. The first-order chi connectivity index (χ1) is 15.9. The van der Waals surface area contributed by atoms with Gasteiger partial charge in [0.05, 0.1) is 18.6 Å². The second-order valence-electron chi connectivity index (χ2n) is 6.56. The Morgan fingerprint density at radius 3 is 2.39 bits per heavy atom. The lowest BCUT2D eigenvalue weighted by atomic mass is 10.2. The minimum Gasteiger partial charge on any atom is -0.493 e. The van der Waals surface area contributed by atoms with Crippen molar-refractivity contribution in [2.24, 2.45) is 0 Å². The first-order valence-electron chi connectivity index (χ1n) is 9.55. The number of methoxy groups -OCH3 is 1. The second-order valence-corrected chi connectivity index (χ2v) is 7.00. The van der Waals surface area contributed by atoms with Gasteiger partial charge in [0.25, 0.3) is 11.8 Å². The van der Waals surface area contributed by atoms with Gasteiger partial charge in [-0.25, -0.2) is 0 Å². The zero-order valence-corrected chi connectivity index (χ0v) is 18.1. The van der Waals surface area contributed by atoms with Crippen molar-refractivity contribution in [3.8, 4) is 17.2 Å². The molecule has 0 radical (unpaired) electrons. The van der Waals surface area contributed by atoms with E-state index in [4.69, 9.17) is 21.1 Å². The van der Waals surface area contributed by atoms with E-state index in [1.807, 2.05) is 18.2 Å². The van der Waals surface area contributed by atoms with E-state index in [0.29, 0.717) is 0 Å². The molecule has 3 aromatic rings. The quantitative estimate of drug-likeness (QED) is 0.335. The number of hydrazine groups is 1. The summed E-state index contributed by atoms with van der Waals surface area (Å²) in [7, 11) is 1.36. The van der Waals surface area contributed by atoms with E-state index in [1.165, 1.54) is 43.5 Å². The molecule has 3 rings (SSSR count). The Balaban J connectivity index is 1.64. The van der Waals surface area contributed by atoms with Crippen LogP contribution in [0.2, 0.25) is 5.02 Å². The average Bonchev–Trinajstić information content (AvgIpc) is 2.83. The molecule has 2 amide bonds. The van der Waals surface area contributed by atoms with Gasteiger partial charge in [0.2, 0.25) is 5.75 Å². The van der Waals surface area contributed by atoms with Crippen LogP contribution in [0.4, 0.5) is 11.4 Å². The summed E-state index contributed by atoms with van der Waals surface area (Å²) in [6, 6.07) is 17.3. The summed E-state index contributed by atoms with van der Waals surface area (Å²) >= 11 is 5.82. The predicted molar refractivity (Wildman–Crippen MR) is 122 cm³/mol. The third-order valence-electron chi connectivity index (χ3n) is 4.31. The number of carbonyl (C=O) groups is 2. The van der Waals surface area contributed by atoms with Gasteiger partial charge < -0.3 is 14.8 Å². The van der Waals surface area contributed by atoms with Crippen molar-refractivity contribution in [1.29, 1.82) is 0 Å². The lowest BCUT2D eigenvalue weighted by Crippen LogP contribution is -2.44. The third-order valence-corrected chi connectivity index (χ3v) is 4.54. The molecule has 0 bridgehead atoms. The third kappa shape index (κ3) is 6.34. The van der Waals surface area contributed by atoms with Gasteiger partial charge in [0, 0.05) is 22.3 Å². The second kappa shape index (κ2) is 10.8. The Kier molecular flexibility index (Phi) is 7.66. The van der Waals surface area contributed by atoms with Crippen molar-refractivity contribution in [3.05, 3.63) is 87.4 Å². The number of nitro benzene ring substituents is 1. The summed E-state index contributed by atoms with van der Waals surface area (Å²) in [4.78, 5) is 35.0. The molecule has 0 heterocycles. The molecule has 0 aromatic heterocycles. The molecule has 0 aliphatic carbocycles. The molecule has 3 N–H and O–H groups in total. The van der Waals surface area contributed by atoms with Gasteiger partial charge in [-0.3, -0.25) is 30.6 Å². The highest BCUT2D eigenvalue weighted by atomic mass is 35.5. The zero-order valence-electron chi connectivity index (χ0n) is 17.3. The molecule has 10 nitrogen and oxygen atoms in total. The van der Waals surface area contributed by atoms with E-state index in [0.717, 1.165) is 5.69 Å². The normalized spacial score (nSPS) is 10.1. The molecule has 0 unspecified atom stereocenters. The Labute approximate surface area is 193 Å². The van der Waals surface area contributed by atoms with Crippen molar-refractivity contribution in [1.82, 2.24) is 10.9 Å². The Morgan fingerprint density at radius 1 is 0.970 bits per heavy atom. The summed E-state index contributed by atoms with van der Waals surface area (Å²) in [5, 5.41) is 14.4. The van der Waals surface area contributed by atoms with Crippen LogP contribution in [0.15, 0.2) is 66.7 Å². The number of nitro groups is 1. The maximum atomic E-state index is 12.4. The Bertz CT molecular complexity index is 1170. The molecular formula is C22H19ClN4O6. The molecule has 0 saturated heterocycles. The number of hydrogen-bond acceptors (Lipinski definition) is 7. The van der Waals surface area contributed by atoms with E-state index in [-0.39, 0.29) is 40.1 Å². The van der Waals surface area contributed by atoms with Crippen LogP contribution in [0.25, 0.3) is 0 Å². The Morgan fingerprint density at radius 2 is 1.70 bits per heavy atom. The molecule has 0 fully saturated rings. The smallest absolute Gasteiger partial charge is 0.313 e. The van der Waals surface area contributed by atoms with E-state index < -0.39 is 16.7 Å². The number of nitrogens with one attached hydrogen (secondary N) is 3. The lowest BCUT2D eigenvalue weighted by molar-refractivity contribution is -0.385. The van der Waals surface area contributed by atoms with Gasteiger partial charge in [-0.1, -0.05) is 29.8 Å². The number of hydrogen-bond donors (Lipinski definition) is 3. The summed E-state index contributed by atoms with van der Waals surface area (Å²) in [6.07, 6.45) is 0. The number of anilines is 1. The van der Waals surface area contributed by atoms with Crippen LogP contribution in [0.5, 0.6) is 17.2 Å². The van der Waals surface area contributed by atoms with Crippen LogP contribution in [-0.2, 0) is 4.79 Å². The van der Waals surface area contributed by atoms with Crippen LogP contribution < -0.4 is 25.6 Å². The first kappa shape index (κ1) is 23.4. The summed E-state index contributed by atoms with van der Waals surface area (Å²) < 4.78 is 10.9. The zero-order chi connectivity index (χ0) is 23.8. The SMILES string of the molecule is COc1cc(C(=O)NNC(=O)CNc2ccccc2)ccc1Oc1ccc(Cl)cc1[N+](=O)[O-]. The molecule has 0 aliphatic heterocycles. The monoisotopic (exact) mass is 470 g/mol. The molecule has 170 valence electrons. The van der Waals surface area contributed by atoms with Crippen LogP contribution >= 0.6 is 11.6 Å². The van der Waals surface area contributed by atoms with Crippen molar-refractivity contribution < 1.29 is 24.0 Å². The van der Waals surface area contributed by atoms with E-state index in [1.54, 1.807) is 12.1 Å². The van der Waals surface area contributed by atoms with E-state index >= 15 is 0 Å². The number of ether oxygens (including phenoxy) is 2. The summed E-state index contributed by atoms with van der Waals surface area (Å²) in [6.45, 7) is -0.0414. The number of amides is 2. The van der Waals surface area contributed by atoms with Gasteiger partial charge in [-0.2, -0.15) is 0 Å². The number of carbonyl (C=O) groups excluding carboxylic acids is 2. The molecule has 3 aromatic carbocycles. The number of benzene rings is 3. The summed E-state index contributed by atoms with van der Waals surface area (Å²) in [5.41, 5.74) is 5.23. The van der Waals surface area contributed by atoms with Gasteiger partial charge in [0.1, 0.15) is 0 Å². The largest absolute Gasteiger partial charge is 0.493 e. The molecule has 0 spiro atoms. The van der Waals surface area contributed by atoms with Crippen LogP contribution in [0.1, 0.15) is 10.4 Å². The topological polar surface area (TPSA) is 132 Å². The highest BCUT2D eigenvalue weighted by Gasteiger charge is 2.19. The minimum atomic E-state index is -0.620. The average molecular weight is 471 g/mol. The van der Waals surface area contributed by atoms with Gasteiger partial charge in [-0.05, 0) is 42.5 Å². The fourth-order valence-electron chi connectivity index (χ4n) is 2.71. The van der Waals surface area contributed by atoms with Crippen LogP contribution in [0, 0.1) is 10.1 Å². The molecule has 33 heavy (non-hydrogen) atoms. The fourth-order valence-corrected chi connectivity index (χ4v) is 2.88. The standard InChI is InChI=1S/C22H19ClN4O6/c1-32-20-11-14(22(29)26-25-21(28)13-24-16-5-3-2-4-6-16)7-9-19(20)33-18-10-8-15(23)12-17(18)27(30)31/h2-12,24H,13H2,1H3,(H,25,28)(H,26,29). The predicted octanol–water partition coefficient (Wildman–Crippen LogP) is 3.92. The van der Waals surface area contributed by atoms with Crippen molar-refractivity contribution >= 4 is 34.8 Å². The van der Waals surface area contributed by atoms with E-state index in [2.05, 4.69) is 16.2 Å². The molecule has 0 atom stereocenters. The number of rotatable bonds is 8. The fraction of sp³-hybridized carbons (Fsp3) is 0.0909. The highest BCUT2D eigenvalue weighted by Crippen LogP contribution is 2.37. The van der Waals surface area contributed by atoms with Crippen molar-refractivity contribution in [2.45, 2.75) is 0 Å². The molecule has 0 aliphatic rings. The van der Waals surface area contributed by atoms with Crippen molar-refractivity contribution in [2.75, 3.05) is 19.0 Å². The van der Waals surface area contributed by atoms with E-state index in [9.17, 15) is 19.7 Å². The Hall–Kier alpha value is -4.31. The minimum absolute atomic E-state index is 0.0414. The van der Waals surface area contributed by atoms with Gasteiger partial charge >= 0.3 is 5.69 Å². The molecule has 11 heteroatoms. The molecular weight excluding hydrogens is 452 g/mol. The molecule has 0 saturated carbocycles. The number of halogens is 1. The van der Waals surface area contributed by atoms with Gasteiger partial charge in [0.15, 0.2) is 11.5 Å². The maximum absolute atomic E-state index is 12.4. The van der Waals surface area contributed by atoms with Crippen molar-refractivity contribution in [3.63, 3.8) is 0 Å². The number of nitrogens with zero attached hydrogens (tertiary/aromatic N) is 1.